The molecule has 1 atom stereocenters. The molecule has 0 aliphatic carbocycles. The Kier molecular flexibility index (Phi) is 7.21. The largest absolute Gasteiger partial charge is 0.493 e. The number of hydrogen-bond donors (Lipinski definition) is 1. The molecule has 0 aliphatic rings. The van der Waals surface area contributed by atoms with Gasteiger partial charge in [0, 0.05) is 17.6 Å². The molecule has 3 aromatic carbocycles. The van der Waals surface area contributed by atoms with E-state index < -0.39 is 0 Å². The molecule has 0 aromatic heterocycles. The minimum Gasteiger partial charge on any atom is -0.493 e. The maximum atomic E-state index is 6.48. The molecular weight excluding hydrogens is 393 g/mol. The van der Waals surface area contributed by atoms with Crippen LogP contribution in [0.15, 0.2) is 66.7 Å². The van der Waals surface area contributed by atoms with Gasteiger partial charge in [0.1, 0.15) is 6.61 Å². The maximum Gasteiger partial charge on any atom is 0.180 e. The van der Waals surface area contributed by atoms with Crippen molar-refractivity contribution < 1.29 is 9.47 Å². The molecule has 0 heterocycles. The molecule has 3 nitrogen and oxygen atoms in total. The Hall–Kier alpha value is -2.20. The number of methoxy groups -OCH3 is 1. The second-order valence-corrected chi connectivity index (χ2v) is 7.38. The summed E-state index contributed by atoms with van der Waals surface area (Å²) < 4.78 is 11.4. The highest BCUT2D eigenvalue weighted by Crippen LogP contribution is 2.37. The molecule has 5 heteroatoms. The van der Waals surface area contributed by atoms with Gasteiger partial charge in [0.05, 0.1) is 12.1 Å². The first kappa shape index (κ1) is 20.5. The lowest BCUT2D eigenvalue weighted by atomic mass is 10.1. The van der Waals surface area contributed by atoms with Crippen molar-refractivity contribution in [2.45, 2.75) is 26.1 Å². The zero-order valence-corrected chi connectivity index (χ0v) is 17.4. The van der Waals surface area contributed by atoms with Gasteiger partial charge in [-0.05, 0) is 47.9 Å². The number of benzene rings is 3. The minimum absolute atomic E-state index is 0.229. The molecule has 3 rings (SSSR count). The minimum atomic E-state index is 0.229. The second-order valence-electron chi connectivity index (χ2n) is 6.54. The molecule has 0 saturated heterocycles. The molecule has 0 bridgehead atoms. The molecule has 1 N–H and O–H groups in total. The van der Waals surface area contributed by atoms with Crippen LogP contribution in [0.1, 0.15) is 29.7 Å². The summed E-state index contributed by atoms with van der Waals surface area (Å²) in [6.07, 6.45) is 0. The third kappa shape index (κ3) is 5.41. The van der Waals surface area contributed by atoms with Gasteiger partial charge in [0.2, 0.25) is 0 Å². The lowest BCUT2D eigenvalue weighted by Crippen LogP contribution is -2.18. The lowest BCUT2D eigenvalue weighted by molar-refractivity contribution is 0.284. The molecule has 28 heavy (non-hydrogen) atoms. The van der Waals surface area contributed by atoms with Gasteiger partial charge in [0.15, 0.2) is 11.5 Å². The number of rotatable bonds is 8. The monoisotopic (exact) mass is 415 g/mol. The van der Waals surface area contributed by atoms with Crippen LogP contribution in [-0.4, -0.2) is 7.11 Å². The summed E-state index contributed by atoms with van der Waals surface area (Å²) in [5.74, 6) is 1.16. The standard InChI is InChI=1S/C23H23Cl2NO2/c1-16(19-6-4-3-5-7-19)26-14-18-12-21(25)23(22(13-18)27-2)28-15-17-8-10-20(24)11-9-17/h3-13,16,26H,14-15H2,1-2H3. The zero-order valence-electron chi connectivity index (χ0n) is 15.9. The first-order valence-electron chi connectivity index (χ1n) is 9.09. The topological polar surface area (TPSA) is 30.5 Å². The van der Waals surface area contributed by atoms with Crippen LogP contribution < -0.4 is 14.8 Å². The van der Waals surface area contributed by atoms with E-state index in [1.165, 1.54) is 5.56 Å². The van der Waals surface area contributed by atoms with Crippen LogP contribution in [0, 0.1) is 0 Å². The normalized spacial score (nSPS) is 11.9. The maximum absolute atomic E-state index is 6.48. The predicted molar refractivity (Wildman–Crippen MR) is 115 cm³/mol. The molecule has 146 valence electrons. The van der Waals surface area contributed by atoms with Crippen LogP contribution in [-0.2, 0) is 13.2 Å². The van der Waals surface area contributed by atoms with Crippen molar-refractivity contribution in [3.8, 4) is 11.5 Å². The van der Waals surface area contributed by atoms with E-state index in [9.17, 15) is 0 Å². The van der Waals surface area contributed by atoms with Crippen LogP contribution >= 0.6 is 23.2 Å². The summed E-state index contributed by atoms with van der Waals surface area (Å²) in [5, 5.41) is 4.73. The van der Waals surface area contributed by atoms with Crippen molar-refractivity contribution in [2.75, 3.05) is 7.11 Å². The number of halogens is 2. The van der Waals surface area contributed by atoms with Gasteiger partial charge in [-0.15, -0.1) is 0 Å². The molecule has 0 saturated carbocycles. The van der Waals surface area contributed by atoms with Crippen LogP contribution in [0.2, 0.25) is 10.0 Å². The Morgan fingerprint density at radius 3 is 2.32 bits per heavy atom. The number of hydrogen-bond acceptors (Lipinski definition) is 3. The fourth-order valence-electron chi connectivity index (χ4n) is 2.88. The molecule has 1 unspecified atom stereocenters. The van der Waals surface area contributed by atoms with Crippen molar-refractivity contribution in [3.63, 3.8) is 0 Å². The summed E-state index contributed by atoms with van der Waals surface area (Å²) in [5.41, 5.74) is 3.27. The van der Waals surface area contributed by atoms with Crippen molar-refractivity contribution in [3.05, 3.63) is 93.5 Å². The van der Waals surface area contributed by atoms with Gasteiger partial charge in [-0.25, -0.2) is 0 Å². The van der Waals surface area contributed by atoms with Crippen molar-refractivity contribution >= 4 is 23.2 Å². The predicted octanol–water partition coefficient (Wildman–Crippen LogP) is 6.43. The number of nitrogens with one attached hydrogen (secondary N) is 1. The summed E-state index contributed by atoms with van der Waals surface area (Å²) >= 11 is 12.4. The van der Waals surface area contributed by atoms with Gasteiger partial charge >= 0.3 is 0 Å². The fraction of sp³-hybridized carbons (Fsp3) is 0.217. The SMILES string of the molecule is COc1cc(CNC(C)c2ccccc2)cc(Cl)c1OCc1ccc(Cl)cc1. The van der Waals surface area contributed by atoms with Crippen LogP contribution in [0.25, 0.3) is 0 Å². The Morgan fingerprint density at radius 1 is 0.929 bits per heavy atom. The molecule has 0 radical (unpaired) electrons. The van der Waals surface area contributed by atoms with Gasteiger partial charge in [-0.1, -0.05) is 65.7 Å². The molecule has 0 fully saturated rings. The van der Waals surface area contributed by atoms with Crippen molar-refractivity contribution in [1.29, 1.82) is 0 Å². The summed E-state index contributed by atoms with van der Waals surface area (Å²) in [6, 6.07) is 21.9. The van der Waals surface area contributed by atoms with Gasteiger partial charge in [-0.2, -0.15) is 0 Å². The fourth-order valence-corrected chi connectivity index (χ4v) is 3.30. The zero-order chi connectivity index (χ0) is 19.9. The van der Waals surface area contributed by atoms with E-state index in [4.69, 9.17) is 32.7 Å². The van der Waals surface area contributed by atoms with Crippen molar-refractivity contribution in [2.24, 2.45) is 0 Å². The Morgan fingerprint density at radius 2 is 1.64 bits per heavy atom. The van der Waals surface area contributed by atoms with E-state index in [-0.39, 0.29) is 6.04 Å². The second kappa shape index (κ2) is 9.83. The van der Waals surface area contributed by atoms with E-state index >= 15 is 0 Å². The van der Waals surface area contributed by atoms with Gasteiger partial charge < -0.3 is 14.8 Å². The van der Waals surface area contributed by atoms with Gasteiger partial charge in [0.25, 0.3) is 0 Å². The Balaban J connectivity index is 1.67. The third-order valence-corrected chi connectivity index (χ3v) is 5.03. The first-order chi connectivity index (χ1) is 13.6. The molecule has 0 spiro atoms. The Bertz CT molecular complexity index is 898. The van der Waals surface area contributed by atoms with Crippen LogP contribution in [0.3, 0.4) is 0 Å². The molecule has 0 amide bonds. The molecular formula is C23H23Cl2NO2. The number of ether oxygens (including phenoxy) is 2. The molecule has 0 aliphatic heterocycles. The van der Waals surface area contributed by atoms with E-state index in [2.05, 4.69) is 24.4 Å². The van der Waals surface area contributed by atoms with E-state index in [0.717, 1.165) is 11.1 Å². The van der Waals surface area contributed by atoms with Crippen molar-refractivity contribution in [1.82, 2.24) is 5.32 Å². The lowest BCUT2D eigenvalue weighted by Gasteiger charge is -2.17. The quantitative estimate of drug-likeness (QED) is 0.459. The summed E-state index contributed by atoms with van der Waals surface area (Å²) in [7, 11) is 1.62. The highest BCUT2D eigenvalue weighted by Gasteiger charge is 2.13. The smallest absolute Gasteiger partial charge is 0.180 e. The summed E-state index contributed by atoms with van der Waals surface area (Å²) in [4.78, 5) is 0. The van der Waals surface area contributed by atoms with Crippen LogP contribution in [0.5, 0.6) is 11.5 Å². The van der Waals surface area contributed by atoms with E-state index in [1.54, 1.807) is 7.11 Å². The average Bonchev–Trinajstić information content (AvgIpc) is 2.72. The Labute approximate surface area is 176 Å². The highest BCUT2D eigenvalue weighted by molar-refractivity contribution is 6.32. The summed E-state index contributed by atoms with van der Waals surface area (Å²) in [6.45, 7) is 3.19. The average molecular weight is 416 g/mol. The first-order valence-corrected chi connectivity index (χ1v) is 9.84. The van der Waals surface area contributed by atoms with E-state index in [0.29, 0.717) is 34.7 Å². The van der Waals surface area contributed by atoms with Crippen LogP contribution in [0.4, 0.5) is 0 Å². The highest BCUT2D eigenvalue weighted by atomic mass is 35.5. The third-order valence-electron chi connectivity index (χ3n) is 4.50. The van der Waals surface area contributed by atoms with Gasteiger partial charge in [-0.3, -0.25) is 0 Å². The molecule has 3 aromatic rings. The van der Waals surface area contributed by atoms with E-state index in [1.807, 2.05) is 54.6 Å².